The summed E-state index contributed by atoms with van der Waals surface area (Å²) in [6, 6.07) is 22.2. The van der Waals surface area contributed by atoms with Gasteiger partial charge in [0.15, 0.2) is 0 Å². The number of hydrogen-bond donors (Lipinski definition) is 1. The van der Waals surface area contributed by atoms with Crippen molar-refractivity contribution in [3.05, 3.63) is 107 Å². The van der Waals surface area contributed by atoms with Gasteiger partial charge >= 0.3 is 0 Å². The van der Waals surface area contributed by atoms with Crippen molar-refractivity contribution in [2.24, 2.45) is 0 Å². The zero-order chi connectivity index (χ0) is 19.5. The summed E-state index contributed by atoms with van der Waals surface area (Å²) in [7, 11) is 0. The van der Waals surface area contributed by atoms with Crippen molar-refractivity contribution in [1.29, 1.82) is 0 Å². The summed E-state index contributed by atoms with van der Waals surface area (Å²) in [5, 5.41) is 4.02. The predicted molar refractivity (Wildman–Crippen MR) is 110 cm³/mol. The third-order valence-corrected chi connectivity index (χ3v) is 4.97. The van der Waals surface area contributed by atoms with Gasteiger partial charge in [-0.05, 0) is 47.5 Å². The van der Waals surface area contributed by atoms with Crippen LogP contribution >= 0.6 is 11.6 Å². The average molecular weight is 393 g/mol. The van der Waals surface area contributed by atoms with Gasteiger partial charge in [0.2, 0.25) is 0 Å². The van der Waals surface area contributed by atoms with Crippen molar-refractivity contribution in [2.75, 3.05) is 0 Å². The van der Waals surface area contributed by atoms with E-state index in [4.69, 9.17) is 11.6 Å². The number of fused-ring (bicyclic) bond motifs is 1. The summed E-state index contributed by atoms with van der Waals surface area (Å²) in [6.45, 7) is 1.01. The maximum atomic E-state index is 13.7. The van der Waals surface area contributed by atoms with E-state index < -0.39 is 5.82 Å². The van der Waals surface area contributed by atoms with Crippen LogP contribution in [0.5, 0.6) is 0 Å². The molecule has 0 bridgehead atoms. The van der Waals surface area contributed by atoms with Crippen LogP contribution < -0.4 is 5.32 Å². The van der Waals surface area contributed by atoms with Crippen LogP contribution in [0.3, 0.4) is 0 Å². The van der Waals surface area contributed by atoms with Gasteiger partial charge in [-0.1, -0.05) is 48.0 Å². The third kappa shape index (κ3) is 3.92. The van der Waals surface area contributed by atoms with Crippen LogP contribution in [-0.2, 0) is 13.1 Å². The molecular formula is C23H18ClFN2O. The Morgan fingerprint density at radius 1 is 0.964 bits per heavy atom. The fourth-order valence-corrected chi connectivity index (χ4v) is 3.31. The molecule has 0 fully saturated rings. The molecule has 0 spiro atoms. The quantitative estimate of drug-likeness (QED) is 0.484. The molecule has 1 amide bonds. The molecule has 0 aliphatic heterocycles. The van der Waals surface area contributed by atoms with E-state index in [-0.39, 0.29) is 10.9 Å². The molecule has 28 heavy (non-hydrogen) atoms. The van der Waals surface area contributed by atoms with Gasteiger partial charge in [-0.2, -0.15) is 0 Å². The molecule has 0 unspecified atom stereocenters. The molecule has 0 saturated heterocycles. The Hall–Kier alpha value is -3.11. The highest BCUT2D eigenvalue weighted by atomic mass is 35.5. The highest BCUT2D eigenvalue weighted by Crippen LogP contribution is 2.21. The summed E-state index contributed by atoms with van der Waals surface area (Å²) in [4.78, 5) is 12.5. The van der Waals surface area contributed by atoms with Gasteiger partial charge < -0.3 is 9.88 Å². The Labute approximate surface area is 167 Å². The monoisotopic (exact) mass is 392 g/mol. The van der Waals surface area contributed by atoms with Gasteiger partial charge in [-0.15, -0.1) is 0 Å². The molecule has 5 heteroatoms. The molecule has 3 aromatic carbocycles. The topological polar surface area (TPSA) is 34.0 Å². The van der Waals surface area contributed by atoms with E-state index in [2.05, 4.69) is 5.32 Å². The molecule has 0 atom stereocenters. The predicted octanol–water partition coefficient (Wildman–Crippen LogP) is 5.41. The first-order valence-corrected chi connectivity index (χ1v) is 9.33. The van der Waals surface area contributed by atoms with Crippen molar-refractivity contribution < 1.29 is 9.18 Å². The van der Waals surface area contributed by atoms with Crippen molar-refractivity contribution in [2.45, 2.75) is 13.1 Å². The number of carbonyl (C=O) groups excluding carboxylic acids is 1. The summed E-state index contributed by atoms with van der Waals surface area (Å²) >= 11 is 5.75. The zero-order valence-corrected chi connectivity index (χ0v) is 15.8. The minimum atomic E-state index is -0.423. The van der Waals surface area contributed by atoms with E-state index in [1.165, 1.54) is 6.07 Å². The Morgan fingerprint density at radius 2 is 1.79 bits per heavy atom. The fraction of sp³-hybridized carbons (Fsp3) is 0.0870. The first-order valence-electron chi connectivity index (χ1n) is 8.95. The van der Waals surface area contributed by atoms with Crippen LogP contribution in [0.1, 0.15) is 21.5 Å². The summed E-state index contributed by atoms with van der Waals surface area (Å²) in [5.41, 5.74) is 3.47. The normalized spacial score (nSPS) is 10.9. The molecule has 4 aromatic rings. The van der Waals surface area contributed by atoms with Crippen LogP contribution in [0.2, 0.25) is 5.02 Å². The van der Waals surface area contributed by atoms with Gasteiger partial charge in [-0.25, -0.2) is 4.39 Å². The van der Waals surface area contributed by atoms with Gasteiger partial charge in [0.25, 0.3) is 5.91 Å². The lowest BCUT2D eigenvalue weighted by molar-refractivity contribution is 0.0951. The summed E-state index contributed by atoms with van der Waals surface area (Å²) < 4.78 is 15.7. The van der Waals surface area contributed by atoms with E-state index in [0.717, 1.165) is 22.0 Å². The highest BCUT2D eigenvalue weighted by molar-refractivity contribution is 6.30. The molecule has 0 aliphatic carbocycles. The standard InChI is InChI=1S/C23H18ClFN2O/c24-20-8-6-17(12-21(20)25)15-27-11-10-18-13-19(7-9-22(18)27)23(28)26-14-16-4-2-1-3-5-16/h1-13H,14-15H2,(H,26,28). The zero-order valence-electron chi connectivity index (χ0n) is 15.0. The van der Waals surface area contributed by atoms with Gasteiger partial charge in [0.1, 0.15) is 5.82 Å². The first kappa shape index (κ1) is 18.3. The maximum Gasteiger partial charge on any atom is 0.251 e. The van der Waals surface area contributed by atoms with Crippen LogP contribution in [0, 0.1) is 5.82 Å². The first-order chi connectivity index (χ1) is 13.6. The number of nitrogens with one attached hydrogen (secondary N) is 1. The van der Waals surface area contributed by atoms with Crippen molar-refractivity contribution in [3.63, 3.8) is 0 Å². The molecule has 0 aliphatic rings. The van der Waals surface area contributed by atoms with Gasteiger partial charge in [0.05, 0.1) is 5.02 Å². The van der Waals surface area contributed by atoms with E-state index >= 15 is 0 Å². The lowest BCUT2D eigenvalue weighted by Gasteiger charge is -2.08. The van der Waals surface area contributed by atoms with Crippen LogP contribution in [0.15, 0.2) is 79.0 Å². The number of aromatic nitrogens is 1. The highest BCUT2D eigenvalue weighted by Gasteiger charge is 2.09. The molecule has 0 saturated carbocycles. The third-order valence-electron chi connectivity index (χ3n) is 4.67. The smallest absolute Gasteiger partial charge is 0.251 e. The second-order valence-electron chi connectivity index (χ2n) is 6.63. The number of hydrogen-bond acceptors (Lipinski definition) is 1. The molecule has 140 valence electrons. The van der Waals surface area contributed by atoms with E-state index in [1.807, 2.05) is 71.4 Å². The lowest BCUT2D eigenvalue weighted by Crippen LogP contribution is -2.22. The molecule has 1 heterocycles. The van der Waals surface area contributed by atoms with Gasteiger partial charge in [-0.3, -0.25) is 4.79 Å². The molecule has 3 nitrogen and oxygen atoms in total. The van der Waals surface area contributed by atoms with Crippen LogP contribution in [0.25, 0.3) is 10.9 Å². The minimum absolute atomic E-state index is 0.113. The van der Waals surface area contributed by atoms with Gasteiger partial charge in [0, 0.05) is 35.8 Å². The SMILES string of the molecule is O=C(NCc1ccccc1)c1ccc2c(ccn2Cc2ccc(Cl)c(F)c2)c1. The minimum Gasteiger partial charge on any atom is -0.348 e. The largest absolute Gasteiger partial charge is 0.348 e. The second-order valence-corrected chi connectivity index (χ2v) is 7.04. The molecule has 0 radical (unpaired) electrons. The van der Waals surface area contributed by atoms with Crippen molar-refractivity contribution >= 4 is 28.4 Å². The van der Waals surface area contributed by atoms with Crippen molar-refractivity contribution in [3.8, 4) is 0 Å². The number of amides is 1. The van der Waals surface area contributed by atoms with Crippen LogP contribution in [0.4, 0.5) is 4.39 Å². The number of rotatable bonds is 5. The molecular weight excluding hydrogens is 375 g/mol. The number of benzene rings is 3. The van der Waals surface area contributed by atoms with Crippen LogP contribution in [-0.4, -0.2) is 10.5 Å². The Balaban J connectivity index is 1.50. The van der Waals surface area contributed by atoms with Crippen molar-refractivity contribution in [1.82, 2.24) is 9.88 Å². The summed E-state index contributed by atoms with van der Waals surface area (Å²) in [5.74, 6) is -0.536. The number of halogens is 2. The van der Waals surface area contributed by atoms with E-state index in [9.17, 15) is 9.18 Å². The lowest BCUT2D eigenvalue weighted by atomic mass is 10.1. The Kier molecular flexibility index (Phi) is 5.13. The number of carbonyl (C=O) groups is 1. The van der Waals surface area contributed by atoms with E-state index in [0.29, 0.717) is 18.7 Å². The second kappa shape index (κ2) is 7.87. The summed E-state index contributed by atoms with van der Waals surface area (Å²) in [6.07, 6.45) is 1.93. The Morgan fingerprint density at radius 3 is 2.57 bits per heavy atom. The van der Waals surface area contributed by atoms with E-state index in [1.54, 1.807) is 6.07 Å². The Bertz CT molecular complexity index is 1140. The molecule has 1 N–H and O–H groups in total. The maximum absolute atomic E-state index is 13.7. The average Bonchev–Trinajstić information content (AvgIpc) is 3.12. The fourth-order valence-electron chi connectivity index (χ4n) is 3.19. The molecule has 1 aromatic heterocycles. The molecule has 4 rings (SSSR count). The number of nitrogens with zero attached hydrogens (tertiary/aromatic N) is 1.